The van der Waals surface area contributed by atoms with Gasteiger partial charge in [0.05, 0.1) is 6.54 Å². The molecule has 2 amide bonds. The van der Waals surface area contributed by atoms with E-state index in [2.05, 4.69) is 10.6 Å². The molecular weight excluding hydrogens is 436 g/mol. The van der Waals surface area contributed by atoms with Crippen LogP contribution in [0.4, 0.5) is 0 Å². The van der Waals surface area contributed by atoms with E-state index in [1.54, 1.807) is 54.6 Å². The number of esters is 1. The van der Waals surface area contributed by atoms with Crippen molar-refractivity contribution in [3.63, 3.8) is 0 Å². The minimum Gasteiger partial charge on any atom is -0.489 e. The van der Waals surface area contributed by atoms with E-state index in [0.717, 1.165) is 5.56 Å². The molecular formula is C26H24N2O6. The SMILES string of the molecule is O=C(CNC(=O)c1ccccc1)NCC(=O)OCC(=O)c1ccc(OCc2ccccc2)cc1. The highest BCUT2D eigenvalue weighted by Crippen LogP contribution is 2.14. The first-order valence-corrected chi connectivity index (χ1v) is 10.6. The first kappa shape index (κ1) is 24.2. The van der Waals surface area contributed by atoms with Gasteiger partial charge in [-0.15, -0.1) is 0 Å². The summed E-state index contributed by atoms with van der Waals surface area (Å²) in [5.74, 6) is -1.50. The van der Waals surface area contributed by atoms with Crippen LogP contribution in [-0.4, -0.2) is 43.3 Å². The molecule has 0 aliphatic carbocycles. The van der Waals surface area contributed by atoms with Gasteiger partial charge in [-0.05, 0) is 42.0 Å². The fraction of sp³-hybridized carbons (Fsp3) is 0.154. The second kappa shape index (κ2) is 12.5. The van der Waals surface area contributed by atoms with Crippen LogP contribution < -0.4 is 15.4 Å². The van der Waals surface area contributed by atoms with E-state index in [9.17, 15) is 19.2 Å². The van der Waals surface area contributed by atoms with E-state index in [0.29, 0.717) is 23.5 Å². The van der Waals surface area contributed by atoms with Crippen molar-refractivity contribution < 1.29 is 28.7 Å². The largest absolute Gasteiger partial charge is 0.489 e. The molecule has 0 saturated carbocycles. The van der Waals surface area contributed by atoms with Gasteiger partial charge in [-0.25, -0.2) is 0 Å². The monoisotopic (exact) mass is 460 g/mol. The van der Waals surface area contributed by atoms with Gasteiger partial charge in [0.25, 0.3) is 5.91 Å². The van der Waals surface area contributed by atoms with E-state index in [4.69, 9.17) is 9.47 Å². The van der Waals surface area contributed by atoms with Crippen LogP contribution in [-0.2, 0) is 20.9 Å². The Morgan fingerprint density at radius 1 is 0.676 bits per heavy atom. The molecule has 3 aromatic rings. The number of rotatable bonds is 11. The summed E-state index contributed by atoms with van der Waals surface area (Å²) in [7, 11) is 0. The maximum atomic E-state index is 12.2. The molecule has 0 aliphatic rings. The second-order valence-electron chi connectivity index (χ2n) is 7.21. The van der Waals surface area contributed by atoms with Gasteiger partial charge < -0.3 is 20.1 Å². The van der Waals surface area contributed by atoms with Gasteiger partial charge in [-0.2, -0.15) is 0 Å². The predicted molar refractivity (Wildman–Crippen MR) is 124 cm³/mol. The van der Waals surface area contributed by atoms with Crippen LogP contribution in [0.15, 0.2) is 84.9 Å². The van der Waals surface area contributed by atoms with Gasteiger partial charge in [0, 0.05) is 11.1 Å². The minimum atomic E-state index is -0.765. The molecule has 8 nitrogen and oxygen atoms in total. The van der Waals surface area contributed by atoms with Crippen molar-refractivity contribution >= 4 is 23.6 Å². The maximum Gasteiger partial charge on any atom is 0.325 e. The average Bonchev–Trinajstić information content (AvgIpc) is 2.89. The topological polar surface area (TPSA) is 111 Å². The molecule has 0 aliphatic heterocycles. The molecule has 0 unspecified atom stereocenters. The summed E-state index contributed by atoms with van der Waals surface area (Å²) in [5.41, 5.74) is 1.82. The van der Waals surface area contributed by atoms with Crippen molar-refractivity contribution in [3.8, 4) is 5.75 Å². The number of benzene rings is 3. The molecule has 0 radical (unpaired) electrons. The third-order valence-electron chi connectivity index (χ3n) is 4.66. The van der Waals surface area contributed by atoms with Gasteiger partial charge in [-0.3, -0.25) is 19.2 Å². The molecule has 0 spiro atoms. The van der Waals surface area contributed by atoms with Crippen LogP contribution in [0.1, 0.15) is 26.3 Å². The van der Waals surface area contributed by atoms with Crippen molar-refractivity contribution in [1.82, 2.24) is 10.6 Å². The van der Waals surface area contributed by atoms with Crippen molar-refractivity contribution in [2.45, 2.75) is 6.61 Å². The van der Waals surface area contributed by atoms with E-state index in [-0.39, 0.29) is 12.3 Å². The molecule has 34 heavy (non-hydrogen) atoms. The lowest BCUT2D eigenvalue weighted by atomic mass is 10.1. The maximum absolute atomic E-state index is 12.2. The normalized spacial score (nSPS) is 10.1. The third-order valence-corrected chi connectivity index (χ3v) is 4.66. The number of carbonyl (C=O) groups excluding carboxylic acids is 4. The standard InChI is InChI=1S/C26H24N2O6/c29-23(20-11-13-22(14-12-20)33-17-19-7-3-1-4-8-19)18-34-25(31)16-27-24(30)15-28-26(32)21-9-5-2-6-10-21/h1-14H,15-18H2,(H,27,30)(H,28,32). The van der Waals surface area contributed by atoms with Gasteiger partial charge in [0.1, 0.15) is 18.9 Å². The smallest absolute Gasteiger partial charge is 0.325 e. The number of nitrogens with one attached hydrogen (secondary N) is 2. The van der Waals surface area contributed by atoms with Gasteiger partial charge >= 0.3 is 5.97 Å². The summed E-state index contributed by atoms with van der Waals surface area (Å²) in [4.78, 5) is 47.8. The first-order valence-electron chi connectivity index (χ1n) is 10.6. The first-order chi connectivity index (χ1) is 16.5. The fourth-order valence-corrected chi connectivity index (χ4v) is 2.84. The molecule has 0 heterocycles. The Labute approximate surface area is 196 Å². The van der Waals surface area contributed by atoms with Gasteiger partial charge in [-0.1, -0.05) is 48.5 Å². The third kappa shape index (κ3) is 7.90. The summed E-state index contributed by atoms with van der Waals surface area (Å²) in [6.07, 6.45) is 0. The number of hydrogen-bond acceptors (Lipinski definition) is 6. The summed E-state index contributed by atoms with van der Waals surface area (Å²) < 4.78 is 10.6. The van der Waals surface area contributed by atoms with Gasteiger partial charge in [0.15, 0.2) is 12.4 Å². The van der Waals surface area contributed by atoms with E-state index in [1.807, 2.05) is 30.3 Å². The zero-order valence-electron chi connectivity index (χ0n) is 18.4. The Bertz CT molecular complexity index is 1120. The number of amides is 2. The van der Waals surface area contributed by atoms with Gasteiger partial charge in [0.2, 0.25) is 5.91 Å². The molecule has 0 saturated heterocycles. The van der Waals surface area contributed by atoms with Crippen LogP contribution >= 0.6 is 0 Å². The van der Waals surface area contributed by atoms with Crippen molar-refractivity contribution in [1.29, 1.82) is 0 Å². The average molecular weight is 460 g/mol. The summed E-state index contributed by atoms with van der Waals surface area (Å²) in [5, 5.41) is 4.78. The van der Waals surface area contributed by atoms with E-state index >= 15 is 0 Å². The minimum absolute atomic E-state index is 0.293. The number of ether oxygens (including phenoxy) is 2. The highest BCUT2D eigenvalue weighted by atomic mass is 16.5. The Morgan fingerprint density at radius 3 is 2.00 bits per heavy atom. The molecule has 0 bridgehead atoms. The summed E-state index contributed by atoms with van der Waals surface area (Å²) in [6, 6.07) is 24.6. The molecule has 0 aromatic heterocycles. The molecule has 0 atom stereocenters. The van der Waals surface area contributed by atoms with Crippen LogP contribution in [0, 0.1) is 0 Å². The Morgan fingerprint density at radius 2 is 1.32 bits per heavy atom. The second-order valence-corrected chi connectivity index (χ2v) is 7.21. The summed E-state index contributed by atoms with van der Waals surface area (Å²) in [6.45, 7) is -0.755. The van der Waals surface area contributed by atoms with Crippen molar-refractivity contribution in [3.05, 3.63) is 102 Å². The molecule has 174 valence electrons. The van der Waals surface area contributed by atoms with E-state index in [1.165, 1.54) is 0 Å². The van der Waals surface area contributed by atoms with Crippen molar-refractivity contribution in [2.24, 2.45) is 0 Å². The zero-order chi connectivity index (χ0) is 24.2. The quantitative estimate of drug-likeness (QED) is 0.336. The molecule has 3 aromatic carbocycles. The molecule has 3 rings (SSSR count). The van der Waals surface area contributed by atoms with Crippen molar-refractivity contribution in [2.75, 3.05) is 19.7 Å². The van der Waals surface area contributed by atoms with Crippen LogP contribution in [0.2, 0.25) is 0 Å². The Hall–Kier alpha value is -4.46. The Balaban J connectivity index is 1.33. The van der Waals surface area contributed by atoms with Crippen LogP contribution in [0.5, 0.6) is 5.75 Å². The molecule has 8 heteroatoms. The summed E-state index contributed by atoms with van der Waals surface area (Å²) >= 11 is 0. The highest BCUT2D eigenvalue weighted by molar-refractivity contribution is 5.98. The Kier molecular flexibility index (Phi) is 8.92. The zero-order valence-corrected chi connectivity index (χ0v) is 18.4. The number of Topliss-reactive ketones (excluding diaryl/α,β-unsaturated/α-hetero) is 1. The van der Waals surface area contributed by atoms with Crippen LogP contribution in [0.3, 0.4) is 0 Å². The van der Waals surface area contributed by atoms with E-state index < -0.39 is 30.9 Å². The lowest BCUT2D eigenvalue weighted by Crippen LogP contribution is -2.39. The molecule has 2 N–H and O–H groups in total. The number of ketones is 1. The predicted octanol–water partition coefficient (Wildman–Crippen LogP) is 2.54. The number of carbonyl (C=O) groups is 4. The lowest BCUT2D eigenvalue weighted by Gasteiger charge is -2.08. The highest BCUT2D eigenvalue weighted by Gasteiger charge is 2.12. The number of hydrogen-bond donors (Lipinski definition) is 2. The fourth-order valence-electron chi connectivity index (χ4n) is 2.84. The lowest BCUT2D eigenvalue weighted by molar-refractivity contribution is -0.142. The molecule has 0 fully saturated rings. The van der Waals surface area contributed by atoms with Crippen LogP contribution in [0.25, 0.3) is 0 Å².